The Kier molecular flexibility index (Phi) is 6.69. The summed E-state index contributed by atoms with van der Waals surface area (Å²) in [6.45, 7) is 0. The van der Waals surface area contributed by atoms with Crippen LogP contribution in [-0.4, -0.2) is 37.4 Å². The molecule has 2 atom stereocenters. The Labute approximate surface area is 221 Å². The Morgan fingerprint density at radius 3 is 1.74 bits per heavy atom. The maximum absolute atomic E-state index is 13.7. The van der Waals surface area contributed by atoms with Gasteiger partial charge in [0.1, 0.15) is 34.3 Å². The Balaban J connectivity index is 1.51. The van der Waals surface area contributed by atoms with Gasteiger partial charge in [-0.3, -0.25) is 4.79 Å². The monoisotopic (exact) mass is 552 g/mol. The summed E-state index contributed by atoms with van der Waals surface area (Å²) in [5.41, 5.74) is -0.424. The van der Waals surface area contributed by atoms with Gasteiger partial charge in [0.15, 0.2) is 29.5 Å². The van der Waals surface area contributed by atoms with E-state index < -0.39 is 48.8 Å². The number of ketones is 1. The van der Waals surface area contributed by atoms with Crippen molar-refractivity contribution in [2.75, 3.05) is 0 Å². The van der Waals surface area contributed by atoms with Crippen LogP contribution in [0.2, 0.25) is 0 Å². The highest BCUT2D eigenvalue weighted by atomic mass is 31.2. The number of phosphoric ester groups is 1. The molecule has 39 heavy (non-hydrogen) atoms. The first-order chi connectivity index (χ1) is 18.6. The van der Waals surface area contributed by atoms with Crippen molar-refractivity contribution >= 4 is 13.6 Å². The molecule has 0 saturated heterocycles. The van der Waals surface area contributed by atoms with E-state index in [1.54, 1.807) is 36.4 Å². The molecule has 4 aromatic rings. The van der Waals surface area contributed by atoms with E-state index in [0.717, 1.165) is 24.3 Å². The molecule has 0 bridgehead atoms. The first kappa shape index (κ1) is 25.8. The van der Waals surface area contributed by atoms with Gasteiger partial charge in [0.05, 0.1) is 0 Å². The fourth-order valence-electron chi connectivity index (χ4n) is 3.90. The molecular formula is C27H21O11P. The van der Waals surface area contributed by atoms with Crippen LogP contribution in [0.3, 0.4) is 0 Å². The minimum absolute atomic E-state index is 0.0504. The number of fused-ring (bicyclic) bond motifs is 1. The predicted octanol–water partition coefficient (Wildman–Crippen LogP) is 4.83. The summed E-state index contributed by atoms with van der Waals surface area (Å²) in [5, 5.41) is 50.5. The highest BCUT2D eigenvalue weighted by Crippen LogP contribution is 2.52. The molecule has 5 rings (SSSR count). The molecule has 1 aliphatic heterocycles. The maximum Gasteiger partial charge on any atom is 0.647 e. The van der Waals surface area contributed by atoms with Gasteiger partial charge in [0, 0.05) is 17.7 Å². The summed E-state index contributed by atoms with van der Waals surface area (Å²) >= 11 is 0. The van der Waals surface area contributed by atoms with E-state index in [-0.39, 0.29) is 34.1 Å². The molecule has 200 valence electrons. The van der Waals surface area contributed by atoms with Crippen molar-refractivity contribution in [3.05, 3.63) is 96.1 Å². The molecule has 4 aromatic carbocycles. The minimum atomic E-state index is -4.45. The molecule has 12 heteroatoms. The largest absolute Gasteiger partial charge is 0.647 e. The van der Waals surface area contributed by atoms with Crippen LogP contribution >= 0.6 is 7.82 Å². The van der Waals surface area contributed by atoms with E-state index in [9.17, 15) is 34.9 Å². The summed E-state index contributed by atoms with van der Waals surface area (Å²) < 4.78 is 36.2. The molecule has 1 heterocycles. The standard InChI is InChI=1S/C27H21O11P/c28-19-13-18(38-39(34,36-16-7-3-1-4-8-16)37-17-9-5-2-6-10-17)14-22-23(19)25(32)26(33)27(35-22)15-11-20(29)24(31)21(30)12-15/h1-14,26-31,33H/t26-,27+/m0/s1. The highest BCUT2D eigenvalue weighted by Gasteiger charge is 2.41. The smallest absolute Gasteiger partial charge is 0.507 e. The van der Waals surface area contributed by atoms with E-state index in [2.05, 4.69) is 0 Å². The van der Waals surface area contributed by atoms with E-state index in [4.69, 9.17) is 18.3 Å². The Bertz CT molecular complexity index is 1510. The summed E-state index contributed by atoms with van der Waals surface area (Å²) in [7, 11) is -4.45. The summed E-state index contributed by atoms with van der Waals surface area (Å²) in [6, 6.07) is 20.3. The lowest BCUT2D eigenvalue weighted by atomic mass is 9.92. The number of aliphatic hydroxyl groups is 1. The average molecular weight is 552 g/mol. The number of phenols is 4. The minimum Gasteiger partial charge on any atom is -0.507 e. The van der Waals surface area contributed by atoms with Crippen molar-refractivity contribution in [1.82, 2.24) is 0 Å². The van der Waals surface area contributed by atoms with E-state index in [1.807, 2.05) is 0 Å². The molecule has 0 saturated carbocycles. The van der Waals surface area contributed by atoms with Gasteiger partial charge < -0.3 is 43.8 Å². The van der Waals surface area contributed by atoms with Crippen LogP contribution in [0.4, 0.5) is 0 Å². The first-order valence-electron chi connectivity index (χ1n) is 11.4. The van der Waals surface area contributed by atoms with E-state index in [1.165, 1.54) is 24.3 Å². The lowest BCUT2D eigenvalue weighted by molar-refractivity contribution is 0.0209. The Morgan fingerprint density at radius 1 is 0.692 bits per heavy atom. The second kappa shape index (κ2) is 10.1. The number of phenolic OH excluding ortho intramolecular Hbond substituents is 4. The molecule has 0 aromatic heterocycles. The van der Waals surface area contributed by atoms with E-state index >= 15 is 0 Å². The van der Waals surface area contributed by atoms with Gasteiger partial charge in [-0.15, -0.1) is 0 Å². The predicted molar refractivity (Wildman–Crippen MR) is 136 cm³/mol. The SMILES string of the molecule is O=C1c2c(O)cc(OP(=O)(Oc3ccccc3)Oc3ccccc3)cc2O[C@H](c2cc(O)c(O)c(O)c2)[C@H]1O. The Hall–Kier alpha value is -4.86. The number of carbonyl (C=O) groups excluding carboxylic acids is 1. The fourth-order valence-corrected chi connectivity index (χ4v) is 5.14. The van der Waals surface area contributed by atoms with Crippen LogP contribution in [0.25, 0.3) is 0 Å². The van der Waals surface area contributed by atoms with Crippen LogP contribution in [-0.2, 0) is 4.57 Å². The van der Waals surface area contributed by atoms with Crippen LogP contribution < -0.4 is 18.3 Å². The van der Waals surface area contributed by atoms with Crippen LogP contribution in [0.5, 0.6) is 46.0 Å². The van der Waals surface area contributed by atoms with Gasteiger partial charge in [-0.05, 0) is 36.4 Å². The van der Waals surface area contributed by atoms with Gasteiger partial charge in [-0.2, -0.15) is 4.57 Å². The summed E-state index contributed by atoms with van der Waals surface area (Å²) in [5.74, 6) is -3.98. The number of Topliss-reactive ketones (excluding diaryl/α,β-unsaturated/α-hetero) is 1. The number of carbonyl (C=O) groups is 1. The van der Waals surface area contributed by atoms with Gasteiger partial charge >= 0.3 is 7.82 Å². The summed E-state index contributed by atoms with van der Waals surface area (Å²) in [6.07, 6.45) is -3.29. The second-order valence-corrected chi connectivity index (χ2v) is 9.86. The number of rotatable bonds is 7. The van der Waals surface area contributed by atoms with Crippen LogP contribution in [0.1, 0.15) is 22.0 Å². The van der Waals surface area contributed by atoms with Crippen molar-refractivity contribution in [3.63, 3.8) is 0 Å². The van der Waals surface area contributed by atoms with Crippen LogP contribution in [0, 0.1) is 0 Å². The number of para-hydroxylation sites is 2. The van der Waals surface area contributed by atoms with Crippen molar-refractivity contribution in [2.24, 2.45) is 0 Å². The molecule has 0 fully saturated rings. The Morgan fingerprint density at radius 2 is 1.21 bits per heavy atom. The first-order valence-corrected chi connectivity index (χ1v) is 12.9. The zero-order valence-electron chi connectivity index (χ0n) is 19.9. The van der Waals surface area contributed by atoms with E-state index in [0.29, 0.717) is 0 Å². The molecule has 0 radical (unpaired) electrons. The topological polar surface area (TPSA) is 172 Å². The number of phosphoric acid groups is 1. The number of ether oxygens (including phenoxy) is 1. The molecule has 5 N–H and O–H groups in total. The normalized spacial score (nSPS) is 16.6. The third-order valence-corrected chi connectivity index (χ3v) is 6.97. The molecule has 11 nitrogen and oxygen atoms in total. The third-order valence-electron chi connectivity index (χ3n) is 5.67. The van der Waals surface area contributed by atoms with Gasteiger partial charge in [0.25, 0.3) is 0 Å². The molecule has 0 amide bonds. The van der Waals surface area contributed by atoms with Crippen molar-refractivity contribution < 1.29 is 53.2 Å². The molecule has 0 spiro atoms. The van der Waals surface area contributed by atoms with Crippen molar-refractivity contribution in [2.45, 2.75) is 12.2 Å². The fraction of sp³-hybridized carbons (Fsp3) is 0.0741. The maximum atomic E-state index is 13.7. The quantitative estimate of drug-likeness (QED) is 0.157. The van der Waals surface area contributed by atoms with Gasteiger partial charge in [-0.25, -0.2) is 0 Å². The average Bonchev–Trinajstić information content (AvgIpc) is 2.89. The van der Waals surface area contributed by atoms with Crippen LogP contribution in [0.15, 0.2) is 84.9 Å². The number of hydrogen-bond acceptors (Lipinski definition) is 11. The lowest BCUT2D eigenvalue weighted by Gasteiger charge is -2.30. The molecule has 0 unspecified atom stereocenters. The van der Waals surface area contributed by atoms with Gasteiger partial charge in [0.2, 0.25) is 5.78 Å². The zero-order valence-corrected chi connectivity index (χ0v) is 20.8. The third kappa shape index (κ3) is 5.26. The number of benzene rings is 4. The second-order valence-electron chi connectivity index (χ2n) is 8.42. The number of aromatic hydroxyl groups is 4. The van der Waals surface area contributed by atoms with Crippen molar-refractivity contribution in [1.29, 1.82) is 0 Å². The highest BCUT2D eigenvalue weighted by molar-refractivity contribution is 7.49. The zero-order chi connectivity index (χ0) is 27.7. The molecule has 1 aliphatic rings. The van der Waals surface area contributed by atoms with Gasteiger partial charge in [-0.1, -0.05) is 36.4 Å². The molecular weight excluding hydrogens is 531 g/mol. The number of hydrogen-bond donors (Lipinski definition) is 5. The number of aliphatic hydroxyl groups excluding tert-OH is 1. The van der Waals surface area contributed by atoms with Crippen molar-refractivity contribution in [3.8, 4) is 46.0 Å². The lowest BCUT2D eigenvalue weighted by Crippen LogP contribution is -2.36. The summed E-state index contributed by atoms with van der Waals surface area (Å²) in [4.78, 5) is 12.9. The molecule has 0 aliphatic carbocycles.